The number of alkyl carbamates (subject to hydrolysis) is 1. The van der Waals surface area contributed by atoms with Gasteiger partial charge in [0.2, 0.25) is 5.91 Å². The SMILES string of the molecule is C=CCC(NC(=O)OCC1c2ccccc2-c2ccccc21)C(=O)N(C)C(CC)C(=O)O. The van der Waals surface area contributed by atoms with E-state index >= 15 is 0 Å². The van der Waals surface area contributed by atoms with Crippen LogP contribution in [0, 0.1) is 0 Å². The van der Waals surface area contributed by atoms with Crippen LogP contribution in [-0.2, 0) is 14.3 Å². The number of amides is 2. The van der Waals surface area contributed by atoms with E-state index in [2.05, 4.69) is 24.0 Å². The van der Waals surface area contributed by atoms with E-state index in [1.807, 2.05) is 36.4 Å². The highest BCUT2D eigenvalue weighted by molar-refractivity contribution is 5.89. The first-order valence-corrected chi connectivity index (χ1v) is 10.6. The van der Waals surface area contributed by atoms with Crippen molar-refractivity contribution in [2.45, 2.75) is 37.8 Å². The van der Waals surface area contributed by atoms with E-state index in [1.165, 1.54) is 13.1 Å². The van der Waals surface area contributed by atoms with E-state index in [9.17, 15) is 19.5 Å². The quantitative estimate of drug-likeness (QED) is 0.583. The Balaban J connectivity index is 1.68. The number of hydrogen-bond acceptors (Lipinski definition) is 4. The van der Waals surface area contributed by atoms with Gasteiger partial charge in [0.25, 0.3) is 0 Å². The van der Waals surface area contributed by atoms with Gasteiger partial charge >= 0.3 is 12.1 Å². The fourth-order valence-electron chi connectivity index (χ4n) is 4.18. The summed E-state index contributed by atoms with van der Waals surface area (Å²) in [6.07, 6.45) is 1.18. The molecule has 168 valence electrons. The molecule has 0 radical (unpaired) electrons. The summed E-state index contributed by atoms with van der Waals surface area (Å²) < 4.78 is 5.51. The van der Waals surface area contributed by atoms with Gasteiger partial charge in [-0.25, -0.2) is 9.59 Å². The highest BCUT2D eigenvalue weighted by atomic mass is 16.5. The van der Waals surface area contributed by atoms with Crippen molar-refractivity contribution >= 4 is 18.0 Å². The molecule has 0 bridgehead atoms. The van der Waals surface area contributed by atoms with Gasteiger partial charge in [-0.15, -0.1) is 6.58 Å². The first kappa shape index (κ1) is 23.1. The van der Waals surface area contributed by atoms with Crippen LogP contribution in [-0.4, -0.2) is 53.7 Å². The topological polar surface area (TPSA) is 95.9 Å². The minimum absolute atomic E-state index is 0.0964. The molecule has 0 saturated heterocycles. The summed E-state index contributed by atoms with van der Waals surface area (Å²) in [4.78, 5) is 37.9. The summed E-state index contributed by atoms with van der Waals surface area (Å²) in [6.45, 7) is 5.44. The fraction of sp³-hybridized carbons (Fsp3) is 0.320. The van der Waals surface area contributed by atoms with Gasteiger partial charge in [-0.3, -0.25) is 4.79 Å². The maximum Gasteiger partial charge on any atom is 0.407 e. The van der Waals surface area contributed by atoms with Crippen molar-refractivity contribution in [3.05, 3.63) is 72.3 Å². The number of carboxylic acids is 1. The van der Waals surface area contributed by atoms with E-state index in [1.54, 1.807) is 6.92 Å². The number of carbonyl (C=O) groups is 3. The molecule has 7 heteroatoms. The lowest BCUT2D eigenvalue weighted by Crippen LogP contribution is -2.52. The highest BCUT2D eigenvalue weighted by Gasteiger charge is 2.32. The van der Waals surface area contributed by atoms with Crippen LogP contribution in [0.2, 0.25) is 0 Å². The second-order valence-corrected chi connectivity index (χ2v) is 7.76. The van der Waals surface area contributed by atoms with E-state index < -0.39 is 30.1 Å². The average molecular weight is 437 g/mol. The summed E-state index contributed by atoms with van der Waals surface area (Å²) in [7, 11) is 1.42. The molecule has 3 rings (SSSR count). The monoisotopic (exact) mass is 436 g/mol. The van der Waals surface area contributed by atoms with Crippen LogP contribution in [0.1, 0.15) is 36.8 Å². The van der Waals surface area contributed by atoms with Crippen molar-refractivity contribution in [1.29, 1.82) is 0 Å². The predicted molar refractivity (Wildman–Crippen MR) is 121 cm³/mol. The predicted octanol–water partition coefficient (Wildman–Crippen LogP) is 3.79. The third-order valence-electron chi connectivity index (χ3n) is 5.82. The molecule has 1 aliphatic carbocycles. The van der Waals surface area contributed by atoms with E-state index in [4.69, 9.17) is 4.74 Å². The Morgan fingerprint density at radius 1 is 1.12 bits per heavy atom. The Bertz CT molecular complexity index is 973. The second kappa shape index (κ2) is 10.1. The third-order valence-corrected chi connectivity index (χ3v) is 5.82. The fourth-order valence-corrected chi connectivity index (χ4v) is 4.18. The van der Waals surface area contributed by atoms with Crippen LogP contribution in [0.25, 0.3) is 11.1 Å². The summed E-state index contributed by atoms with van der Waals surface area (Å²) in [5.74, 6) is -1.70. The Morgan fingerprint density at radius 2 is 1.69 bits per heavy atom. The maximum atomic E-state index is 12.8. The minimum atomic E-state index is -1.10. The molecule has 32 heavy (non-hydrogen) atoms. The van der Waals surface area contributed by atoms with Crippen LogP contribution in [0.15, 0.2) is 61.2 Å². The van der Waals surface area contributed by atoms with Crippen molar-refractivity contribution < 1.29 is 24.2 Å². The normalized spacial score (nSPS) is 13.9. The Hall–Kier alpha value is -3.61. The lowest BCUT2D eigenvalue weighted by Gasteiger charge is -2.28. The molecule has 2 atom stereocenters. The number of ether oxygens (including phenoxy) is 1. The average Bonchev–Trinajstić information content (AvgIpc) is 3.11. The van der Waals surface area contributed by atoms with Gasteiger partial charge < -0.3 is 20.1 Å². The van der Waals surface area contributed by atoms with Gasteiger partial charge in [0, 0.05) is 13.0 Å². The number of nitrogens with zero attached hydrogens (tertiary/aromatic N) is 1. The number of carboxylic acid groups (broad SMARTS) is 1. The number of carbonyl (C=O) groups excluding carboxylic acids is 2. The largest absolute Gasteiger partial charge is 0.480 e. The van der Waals surface area contributed by atoms with Crippen molar-refractivity contribution in [3.63, 3.8) is 0 Å². The summed E-state index contributed by atoms with van der Waals surface area (Å²) >= 11 is 0. The van der Waals surface area contributed by atoms with Crippen molar-refractivity contribution in [3.8, 4) is 11.1 Å². The molecule has 0 heterocycles. The minimum Gasteiger partial charge on any atom is -0.480 e. The molecule has 2 amide bonds. The maximum absolute atomic E-state index is 12.8. The van der Waals surface area contributed by atoms with Crippen molar-refractivity contribution in [2.75, 3.05) is 13.7 Å². The van der Waals surface area contributed by atoms with Crippen molar-refractivity contribution in [2.24, 2.45) is 0 Å². The van der Waals surface area contributed by atoms with E-state index in [0.717, 1.165) is 27.2 Å². The van der Waals surface area contributed by atoms with Gasteiger partial charge in [0.05, 0.1) is 0 Å². The van der Waals surface area contributed by atoms with Gasteiger partial charge in [0.15, 0.2) is 0 Å². The Kier molecular flexibility index (Phi) is 7.30. The lowest BCUT2D eigenvalue weighted by atomic mass is 9.98. The Labute approximate surface area is 187 Å². The van der Waals surface area contributed by atoms with Crippen LogP contribution in [0.5, 0.6) is 0 Å². The molecule has 1 aliphatic rings. The lowest BCUT2D eigenvalue weighted by molar-refractivity contribution is -0.149. The molecule has 0 saturated carbocycles. The number of fused-ring (bicyclic) bond motifs is 3. The standard InChI is InChI=1S/C25H28N2O5/c1-4-10-21(23(28)27(3)22(5-2)24(29)30)26-25(31)32-15-20-18-13-8-6-11-16(18)17-12-7-9-14-19(17)20/h4,6-9,11-14,20-22H,1,5,10,15H2,2-3H3,(H,26,31)(H,29,30). The number of aliphatic carboxylic acids is 1. The highest BCUT2D eigenvalue weighted by Crippen LogP contribution is 2.44. The van der Waals surface area contributed by atoms with Crippen LogP contribution >= 0.6 is 0 Å². The molecule has 2 unspecified atom stereocenters. The molecular formula is C25H28N2O5. The first-order chi connectivity index (χ1) is 15.4. The molecule has 7 nitrogen and oxygen atoms in total. The first-order valence-electron chi connectivity index (χ1n) is 10.6. The van der Waals surface area contributed by atoms with E-state index in [-0.39, 0.29) is 25.4 Å². The molecule has 2 aromatic rings. The number of rotatable bonds is 9. The number of nitrogens with one attached hydrogen (secondary N) is 1. The van der Waals surface area contributed by atoms with Crippen LogP contribution in [0.4, 0.5) is 4.79 Å². The molecule has 0 aromatic heterocycles. The van der Waals surface area contributed by atoms with Gasteiger partial charge in [-0.2, -0.15) is 0 Å². The molecular weight excluding hydrogens is 408 g/mol. The van der Waals surface area contributed by atoms with Crippen LogP contribution < -0.4 is 5.32 Å². The van der Waals surface area contributed by atoms with Gasteiger partial charge in [-0.1, -0.05) is 61.5 Å². The summed E-state index contributed by atoms with van der Waals surface area (Å²) in [6, 6.07) is 14.1. The number of hydrogen-bond donors (Lipinski definition) is 2. The van der Waals surface area contributed by atoms with Crippen LogP contribution in [0.3, 0.4) is 0 Å². The number of benzene rings is 2. The molecule has 0 fully saturated rings. The molecule has 2 N–H and O–H groups in total. The van der Waals surface area contributed by atoms with E-state index in [0.29, 0.717) is 0 Å². The number of likely N-dealkylation sites (N-methyl/N-ethyl adjacent to an activating group) is 1. The Morgan fingerprint density at radius 3 is 2.19 bits per heavy atom. The van der Waals surface area contributed by atoms with Crippen molar-refractivity contribution in [1.82, 2.24) is 10.2 Å². The smallest absolute Gasteiger partial charge is 0.407 e. The van der Waals surface area contributed by atoms with Gasteiger partial charge in [-0.05, 0) is 35.1 Å². The molecule has 2 aromatic carbocycles. The van der Waals surface area contributed by atoms with Gasteiger partial charge in [0.1, 0.15) is 18.7 Å². The summed E-state index contributed by atoms with van der Waals surface area (Å²) in [5.41, 5.74) is 4.43. The zero-order valence-electron chi connectivity index (χ0n) is 18.3. The zero-order chi connectivity index (χ0) is 23.3. The molecule has 0 aliphatic heterocycles. The second-order valence-electron chi connectivity index (χ2n) is 7.76. The third kappa shape index (κ3) is 4.66. The molecule has 0 spiro atoms. The zero-order valence-corrected chi connectivity index (χ0v) is 18.3. The summed E-state index contributed by atoms with van der Waals surface area (Å²) in [5, 5.41) is 11.9.